The first-order valence-electron chi connectivity index (χ1n) is 6.06. The fourth-order valence-corrected chi connectivity index (χ4v) is 1.90. The molecule has 1 rings (SSSR count). The zero-order valence-electron chi connectivity index (χ0n) is 10.3. The Balaban J connectivity index is 2.45. The van der Waals surface area contributed by atoms with Crippen LogP contribution < -0.4 is 10.6 Å². The molecule has 0 saturated carbocycles. The smallest absolute Gasteiger partial charge is 0.224 e. The lowest BCUT2D eigenvalue weighted by molar-refractivity contribution is -0.127. The van der Waals surface area contributed by atoms with Crippen LogP contribution in [0.3, 0.4) is 0 Å². The van der Waals surface area contributed by atoms with E-state index in [9.17, 15) is 4.79 Å². The summed E-state index contributed by atoms with van der Waals surface area (Å²) in [7, 11) is 0. The van der Waals surface area contributed by atoms with Gasteiger partial charge in [-0.1, -0.05) is 13.8 Å². The van der Waals surface area contributed by atoms with Gasteiger partial charge in [0, 0.05) is 12.1 Å². The van der Waals surface area contributed by atoms with Gasteiger partial charge in [0.25, 0.3) is 0 Å². The number of carbonyl (C=O) groups is 1. The Kier molecular flexibility index (Phi) is 4.58. The molecule has 3 nitrogen and oxygen atoms in total. The molecule has 1 aliphatic heterocycles. The van der Waals surface area contributed by atoms with Crippen molar-refractivity contribution in [1.29, 1.82) is 0 Å². The summed E-state index contributed by atoms with van der Waals surface area (Å²) < 4.78 is 0. The van der Waals surface area contributed by atoms with Crippen molar-refractivity contribution < 1.29 is 4.79 Å². The van der Waals surface area contributed by atoms with Gasteiger partial charge in [-0.05, 0) is 39.2 Å². The molecule has 15 heavy (non-hydrogen) atoms. The Morgan fingerprint density at radius 3 is 2.60 bits per heavy atom. The van der Waals surface area contributed by atoms with Crippen molar-refractivity contribution in [2.45, 2.75) is 52.6 Å². The first kappa shape index (κ1) is 12.5. The van der Waals surface area contributed by atoms with Gasteiger partial charge in [0.15, 0.2) is 0 Å². The van der Waals surface area contributed by atoms with Gasteiger partial charge in [-0.15, -0.1) is 0 Å². The second kappa shape index (κ2) is 5.50. The average Bonchev–Trinajstić information content (AvgIpc) is 2.18. The summed E-state index contributed by atoms with van der Waals surface area (Å²) in [6.45, 7) is 9.48. The van der Waals surface area contributed by atoms with Crippen LogP contribution in [0.25, 0.3) is 0 Å². The number of hydrogen-bond acceptors (Lipinski definition) is 2. The Morgan fingerprint density at radius 2 is 2.07 bits per heavy atom. The molecule has 0 radical (unpaired) electrons. The molecular weight excluding hydrogens is 188 g/mol. The van der Waals surface area contributed by atoms with Gasteiger partial charge in [0.05, 0.1) is 5.92 Å². The highest BCUT2D eigenvalue weighted by atomic mass is 16.2. The Hall–Kier alpha value is -0.570. The molecule has 0 spiro atoms. The van der Waals surface area contributed by atoms with Gasteiger partial charge < -0.3 is 10.6 Å². The lowest BCUT2D eigenvalue weighted by atomic mass is 9.90. The van der Waals surface area contributed by atoms with Crippen molar-refractivity contribution in [2.24, 2.45) is 11.8 Å². The number of rotatable bonds is 3. The molecule has 3 atom stereocenters. The van der Waals surface area contributed by atoms with Crippen LogP contribution in [0.5, 0.6) is 0 Å². The SMILES string of the molecule is CC(C)C(C)NC(=O)[C@@H]1CCCN[C@@H]1C. The highest BCUT2D eigenvalue weighted by molar-refractivity contribution is 5.79. The summed E-state index contributed by atoms with van der Waals surface area (Å²) in [6, 6.07) is 0.588. The van der Waals surface area contributed by atoms with Crippen molar-refractivity contribution >= 4 is 5.91 Å². The van der Waals surface area contributed by atoms with Crippen LogP contribution >= 0.6 is 0 Å². The van der Waals surface area contributed by atoms with Crippen LogP contribution in [0.1, 0.15) is 40.5 Å². The summed E-state index contributed by atoms with van der Waals surface area (Å²) in [5.74, 6) is 0.872. The predicted octanol–water partition coefficient (Wildman–Crippen LogP) is 1.54. The van der Waals surface area contributed by atoms with Crippen LogP contribution in [0.15, 0.2) is 0 Å². The fourth-order valence-electron chi connectivity index (χ4n) is 1.90. The Bertz CT molecular complexity index is 216. The van der Waals surface area contributed by atoms with E-state index in [0.29, 0.717) is 12.0 Å². The van der Waals surface area contributed by atoms with E-state index in [4.69, 9.17) is 0 Å². The molecule has 1 heterocycles. The first-order valence-corrected chi connectivity index (χ1v) is 6.06. The summed E-state index contributed by atoms with van der Waals surface area (Å²) in [4.78, 5) is 12.0. The molecule has 3 heteroatoms. The maximum absolute atomic E-state index is 12.0. The van der Waals surface area contributed by atoms with E-state index in [2.05, 4.69) is 38.3 Å². The van der Waals surface area contributed by atoms with Crippen molar-refractivity contribution in [1.82, 2.24) is 10.6 Å². The van der Waals surface area contributed by atoms with E-state index in [-0.39, 0.29) is 17.9 Å². The van der Waals surface area contributed by atoms with Crippen molar-refractivity contribution in [2.75, 3.05) is 6.54 Å². The maximum atomic E-state index is 12.0. The molecule has 88 valence electrons. The standard InChI is InChI=1S/C12H24N2O/c1-8(2)9(3)14-12(15)11-6-5-7-13-10(11)4/h8-11,13H,5-7H2,1-4H3,(H,14,15)/t9?,10-,11-/m1/s1. The molecule has 0 aliphatic carbocycles. The average molecular weight is 212 g/mol. The summed E-state index contributed by atoms with van der Waals surface area (Å²) in [5, 5.41) is 6.46. The number of piperidine rings is 1. The highest BCUT2D eigenvalue weighted by Gasteiger charge is 2.28. The second-order valence-corrected chi connectivity index (χ2v) is 5.03. The molecule has 0 bridgehead atoms. The van der Waals surface area contributed by atoms with Crippen LogP contribution in [-0.2, 0) is 4.79 Å². The van der Waals surface area contributed by atoms with Gasteiger partial charge in [-0.3, -0.25) is 4.79 Å². The van der Waals surface area contributed by atoms with Gasteiger partial charge >= 0.3 is 0 Å². The van der Waals surface area contributed by atoms with E-state index in [0.717, 1.165) is 19.4 Å². The van der Waals surface area contributed by atoms with Gasteiger partial charge in [0.2, 0.25) is 5.91 Å². The van der Waals surface area contributed by atoms with Crippen LogP contribution in [0, 0.1) is 11.8 Å². The van der Waals surface area contributed by atoms with Crippen molar-refractivity contribution in [3.63, 3.8) is 0 Å². The van der Waals surface area contributed by atoms with Crippen molar-refractivity contribution in [3.8, 4) is 0 Å². The molecule has 0 aromatic carbocycles. The predicted molar refractivity (Wildman–Crippen MR) is 62.6 cm³/mol. The third-order valence-corrected chi connectivity index (χ3v) is 3.47. The van der Waals surface area contributed by atoms with E-state index >= 15 is 0 Å². The third-order valence-electron chi connectivity index (χ3n) is 3.47. The molecule has 1 unspecified atom stereocenters. The second-order valence-electron chi connectivity index (χ2n) is 5.03. The number of carbonyl (C=O) groups excluding carboxylic acids is 1. The number of hydrogen-bond donors (Lipinski definition) is 2. The Morgan fingerprint density at radius 1 is 1.40 bits per heavy atom. The zero-order valence-corrected chi connectivity index (χ0v) is 10.3. The summed E-state index contributed by atoms with van der Waals surface area (Å²) >= 11 is 0. The molecule has 2 N–H and O–H groups in total. The molecule has 0 aromatic rings. The molecule has 1 aliphatic rings. The first-order chi connectivity index (χ1) is 7.02. The van der Waals surface area contributed by atoms with Crippen LogP contribution in [-0.4, -0.2) is 24.5 Å². The van der Waals surface area contributed by atoms with Gasteiger partial charge in [-0.2, -0.15) is 0 Å². The minimum absolute atomic E-state index is 0.153. The normalized spacial score (nSPS) is 28.9. The van der Waals surface area contributed by atoms with Gasteiger partial charge in [-0.25, -0.2) is 0 Å². The van der Waals surface area contributed by atoms with E-state index < -0.39 is 0 Å². The molecule has 1 saturated heterocycles. The van der Waals surface area contributed by atoms with Crippen LogP contribution in [0.4, 0.5) is 0 Å². The number of nitrogens with one attached hydrogen (secondary N) is 2. The number of amides is 1. The molecule has 0 aromatic heterocycles. The third kappa shape index (κ3) is 3.49. The van der Waals surface area contributed by atoms with Crippen LogP contribution in [0.2, 0.25) is 0 Å². The zero-order chi connectivity index (χ0) is 11.4. The topological polar surface area (TPSA) is 41.1 Å². The van der Waals surface area contributed by atoms with E-state index in [1.54, 1.807) is 0 Å². The lowest BCUT2D eigenvalue weighted by Gasteiger charge is -2.30. The summed E-state index contributed by atoms with van der Waals surface area (Å²) in [5.41, 5.74) is 0. The lowest BCUT2D eigenvalue weighted by Crippen LogP contribution is -2.49. The molecular formula is C12H24N2O. The summed E-state index contributed by atoms with van der Waals surface area (Å²) in [6.07, 6.45) is 2.13. The van der Waals surface area contributed by atoms with E-state index in [1.807, 2.05) is 0 Å². The molecule has 1 amide bonds. The quantitative estimate of drug-likeness (QED) is 0.745. The monoisotopic (exact) mass is 212 g/mol. The van der Waals surface area contributed by atoms with Crippen molar-refractivity contribution in [3.05, 3.63) is 0 Å². The Labute approximate surface area is 93.0 Å². The van der Waals surface area contributed by atoms with E-state index in [1.165, 1.54) is 0 Å². The minimum Gasteiger partial charge on any atom is -0.353 e. The minimum atomic E-state index is 0.153. The largest absolute Gasteiger partial charge is 0.353 e. The maximum Gasteiger partial charge on any atom is 0.224 e. The fraction of sp³-hybridized carbons (Fsp3) is 0.917. The highest BCUT2D eigenvalue weighted by Crippen LogP contribution is 2.16. The molecule has 1 fully saturated rings. The van der Waals surface area contributed by atoms with Gasteiger partial charge in [0.1, 0.15) is 0 Å².